The van der Waals surface area contributed by atoms with Gasteiger partial charge in [-0.2, -0.15) is 0 Å². The maximum absolute atomic E-state index is 12.9. The number of ether oxygens (including phenoxy) is 2. The van der Waals surface area contributed by atoms with Crippen LogP contribution in [-0.2, 0) is 4.74 Å². The van der Waals surface area contributed by atoms with E-state index in [0.29, 0.717) is 28.4 Å². The first-order chi connectivity index (χ1) is 12.8. The molecule has 2 aliphatic rings. The zero-order valence-electron chi connectivity index (χ0n) is 15.2. The number of halogens is 1. The second-order valence-corrected chi connectivity index (χ2v) is 7.40. The number of carbonyl (C=O) groups excluding carboxylic acids is 2. The lowest BCUT2D eigenvalue weighted by atomic mass is 9.89. The monoisotopic (exact) mass is 386 g/mol. The third-order valence-electron chi connectivity index (χ3n) is 5.11. The van der Waals surface area contributed by atoms with Crippen molar-refractivity contribution in [2.24, 2.45) is 0 Å². The molecular formula is C20H19ClN2O4. The van der Waals surface area contributed by atoms with Crippen LogP contribution in [0.1, 0.15) is 40.9 Å². The number of esters is 1. The van der Waals surface area contributed by atoms with E-state index in [1.807, 2.05) is 26.0 Å². The number of methoxy groups -OCH3 is 1. The SMILES string of the molecule is COC(=O)c1ccc2c(c1)[C@H]1C[C@@](C)(O2)N(c2ccc(C)c(Cl)c2)C(=O)N1. The van der Waals surface area contributed by atoms with Gasteiger partial charge in [-0.25, -0.2) is 9.59 Å². The van der Waals surface area contributed by atoms with E-state index in [1.165, 1.54) is 7.11 Å². The summed E-state index contributed by atoms with van der Waals surface area (Å²) in [5.41, 5.74) is 1.92. The van der Waals surface area contributed by atoms with Crippen molar-refractivity contribution in [1.82, 2.24) is 5.32 Å². The van der Waals surface area contributed by atoms with E-state index in [-0.39, 0.29) is 12.1 Å². The third-order valence-corrected chi connectivity index (χ3v) is 5.51. The van der Waals surface area contributed by atoms with Crippen molar-refractivity contribution in [3.8, 4) is 5.75 Å². The molecule has 2 aromatic rings. The first-order valence-electron chi connectivity index (χ1n) is 8.60. The number of fused-ring (bicyclic) bond motifs is 4. The van der Waals surface area contributed by atoms with Crippen molar-refractivity contribution in [1.29, 1.82) is 0 Å². The highest BCUT2D eigenvalue weighted by Gasteiger charge is 2.50. The number of nitrogens with zero attached hydrogens (tertiary/aromatic N) is 1. The van der Waals surface area contributed by atoms with Gasteiger partial charge in [-0.1, -0.05) is 17.7 Å². The molecule has 6 nitrogen and oxygen atoms in total. The molecule has 0 unspecified atom stereocenters. The fraction of sp³-hybridized carbons (Fsp3) is 0.300. The predicted octanol–water partition coefficient (Wildman–Crippen LogP) is 4.20. The van der Waals surface area contributed by atoms with Gasteiger partial charge in [0.05, 0.1) is 24.4 Å². The van der Waals surface area contributed by atoms with Crippen LogP contribution in [0.2, 0.25) is 5.02 Å². The predicted molar refractivity (Wildman–Crippen MR) is 101 cm³/mol. The Bertz CT molecular complexity index is 961. The van der Waals surface area contributed by atoms with E-state index in [0.717, 1.165) is 11.1 Å². The van der Waals surface area contributed by atoms with Crippen LogP contribution in [0.15, 0.2) is 36.4 Å². The summed E-state index contributed by atoms with van der Waals surface area (Å²) in [6.45, 7) is 3.79. The minimum absolute atomic E-state index is 0.256. The van der Waals surface area contributed by atoms with Crippen molar-refractivity contribution in [3.63, 3.8) is 0 Å². The fourth-order valence-electron chi connectivity index (χ4n) is 3.73. The zero-order valence-corrected chi connectivity index (χ0v) is 16.0. The lowest BCUT2D eigenvalue weighted by Gasteiger charge is -2.50. The van der Waals surface area contributed by atoms with Crippen molar-refractivity contribution < 1.29 is 19.1 Å². The Kier molecular flexibility index (Phi) is 4.03. The maximum atomic E-state index is 12.9. The molecule has 0 aromatic heterocycles. The van der Waals surface area contributed by atoms with E-state index in [2.05, 4.69) is 5.32 Å². The Morgan fingerprint density at radius 1 is 1.33 bits per heavy atom. The van der Waals surface area contributed by atoms with Gasteiger partial charge >= 0.3 is 12.0 Å². The number of amides is 2. The van der Waals surface area contributed by atoms with Gasteiger partial charge in [-0.15, -0.1) is 0 Å². The lowest BCUT2D eigenvalue weighted by molar-refractivity contribution is 0.0377. The number of anilines is 1. The molecule has 1 N–H and O–H groups in total. The van der Waals surface area contributed by atoms with E-state index >= 15 is 0 Å². The van der Waals surface area contributed by atoms with Crippen LogP contribution in [0.25, 0.3) is 0 Å². The summed E-state index contributed by atoms with van der Waals surface area (Å²) in [5.74, 6) is 0.203. The second-order valence-electron chi connectivity index (χ2n) is 7.00. The van der Waals surface area contributed by atoms with Crippen molar-refractivity contribution in [3.05, 3.63) is 58.1 Å². The van der Waals surface area contributed by atoms with Crippen molar-refractivity contribution in [2.75, 3.05) is 12.0 Å². The number of aryl methyl sites for hydroxylation is 1. The van der Waals surface area contributed by atoms with Gasteiger partial charge in [0.25, 0.3) is 0 Å². The molecule has 2 amide bonds. The van der Waals surface area contributed by atoms with Crippen LogP contribution in [0.5, 0.6) is 5.75 Å². The zero-order chi connectivity index (χ0) is 19.3. The maximum Gasteiger partial charge on any atom is 0.337 e. The molecule has 2 atom stereocenters. The first-order valence-corrected chi connectivity index (χ1v) is 8.98. The average Bonchev–Trinajstić information content (AvgIpc) is 2.63. The molecule has 2 bridgehead atoms. The Morgan fingerprint density at radius 3 is 2.81 bits per heavy atom. The Labute approximate surface area is 162 Å². The number of rotatable bonds is 2. The molecule has 0 aliphatic carbocycles. The molecule has 2 aromatic carbocycles. The minimum Gasteiger partial charge on any atom is -0.467 e. The number of nitrogens with one attached hydrogen (secondary N) is 1. The summed E-state index contributed by atoms with van der Waals surface area (Å²) in [6, 6.07) is 10.1. The molecule has 140 valence electrons. The molecule has 0 radical (unpaired) electrons. The summed E-state index contributed by atoms with van der Waals surface area (Å²) in [6.07, 6.45) is 0.530. The summed E-state index contributed by atoms with van der Waals surface area (Å²) < 4.78 is 11.0. The van der Waals surface area contributed by atoms with Gasteiger partial charge < -0.3 is 14.8 Å². The molecule has 7 heteroatoms. The van der Waals surface area contributed by atoms with Crippen molar-refractivity contribution in [2.45, 2.75) is 32.0 Å². The topological polar surface area (TPSA) is 67.9 Å². The van der Waals surface area contributed by atoms with Gasteiger partial charge in [0, 0.05) is 17.0 Å². The minimum atomic E-state index is -0.870. The van der Waals surface area contributed by atoms with E-state index in [4.69, 9.17) is 21.1 Å². The molecule has 0 spiro atoms. The van der Waals surface area contributed by atoms with Crippen molar-refractivity contribution >= 4 is 29.3 Å². The Hall–Kier alpha value is -2.73. The quantitative estimate of drug-likeness (QED) is 0.785. The number of hydrogen-bond donors (Lipinski definition) is 1. The molecule has 2 aliphatic heterocycles. The number of hydrogen-bond acceptors (Lipinski definition) is 4. The highest BCUT2D eigenvalue weighted by Crippen LogP contribution is 2.46. The van der Waals surface area contributed by atoms with Gasteiger partial charge in [0.2, 0.25) is 0 Å². The average molecular weight is 387 g/mol. The molecule has 1 saturated heterocycles. The first kappa shape index (κ1) is 17.7. The summed E-state index contributed by atoms with van der Waals surface area (Å²) in [7, 11) is 1.34. The summed E-state index contributed by atoms with van der Waals surface area (Å²) in [5, 5.41) is 3.60. The van der Waals surface area contributed by atoms with Gasteiger partial charge in [0.15, 0.2) is 5.72 Å². The van der Waals surface area contributed by atoms with Crippen LogP contribution in [0, 0.1) is 6.92 Å². The fourth-order valence-corrected chi connectivity index (χ4v) is 3.91. The summed E-state index contributed by atoms with van der Waals surface area (Å²) >= 11 is 6.26. The molecule has 0 saturated carbocycles. The second kappa shape index (κ2) is 6.16. The van der Waals surface area contributed by atoms with Gasteiger partial charge in [-0.05, 0) is 49.7 Å². The van der Waals surface area contributed by atoms with E-state index < -0.39 is 11.7 Å². The van der Waals surface area contributed by atoms with Gasteiger partial charge in [-0.3, -0.25) is 4.90 Å². The van der Waals surface area contributed by atoms with Crippen LogP contribution >= 0.6 is 11.6 Å². The number of benzene rings is 2. The molecule has 2 heterocycles. The Balaban J connectivity index is 1.76. The number of carbonyl (C=O) groups is 2. The van der Waals surface area contributed by atoms with Crippen LogP contribution < -0.4 is 15.0 Å². The molecular weight excluding hydrogens is 368 g/mol. The van der Waals surface area contributed by atoms with E-state index in [9.17, 15) is 9.59 Å². The Morgan fingerprint density at radius 2 is 2.11 bits per heavy atom. The normalized spacial score (nSPS) is 23.2. The largest absolute Gasteiger partial charge is 0.467 e. The van der Waals surface area contributed by atoms with Crippen LogP contribution in [0.4, 0.5) is 10.5 Å². The van der Waals surface area contributed by atoms with E-state index in [1.54, 1.807) is 29.2 Å². The van der Waals surface area contributed by atoms with Gasteiger partial charge in [0.1, 0.15) is 5.75 Å². The summed E-state index contributed by atoms with van der Waals surface area (Å²) in [4.78, 5) is 26.3. The standard InChI is InChI=1S/C20H19ClN2O4/c1-11-4-6-13(9-15(11)21)23-19(25)22-16-10-20(23,2)27-17-7-5-12(8-14(16)17)18(24)26-3/h4-9,16H,10H2,1-3H3,(H,22,25)/t16-,20-/m1/s1. The smallest absolute Gasteiger partial charge is 0.337 e. The number of urea groups is 1. The van der Waals surface area contributed by atoms with Crippen LogP contribution in [-0.4, -0.2) is 24.8 Å². The molecule has 1 fully saturated rings. The molecule has 27 heavy (non-hydrogen) atoms. The molecule has 4 rings (SSSR count). The van der Waals surface area contributed by atoms with Crippen LogP contribution in [0.3, 0.4) is 0 Å². The highest BCUT2D eigenvalue weighted by atomic mass is 35.5. The third kappa shape index (κ3) is 2.80. The lowest BCUT2D eigenvalue weighted by Crippen LogP contribution is -2.65. The highest BCUT2D eigenvalue weighted by molar-refractivity contribution is 6.31.